The van der Waals surface area contributed by atoms with Gasteiger partial charge >= 0.3 is 21.4 Å². The van der Waals surface area contributed by atoms with E-state index in [9.17, 15) is 0 Å². The summed E-state index contributed by atoms with van der Waals surface area (Å²) in [7, 11) is -1.50. The van der Waals surface area contributed by atoms with Crippen LogP contribution in [0.25, 0.3) is 84.3 Å². The number of fused-ring (bicyclic) bond motifs is 3. The van der Waals surface area contributed by atoms with Crippen LogP contribution in [0.5, 0.6) is 0 Å². The fourth-order valence-corrected chi connectivity index (χ4v) is 10.7. The smallest absolute Gasteiger partial charge is 0.399 e. The monoisotopic (exact) mass is 1030 g/mol. The highest BCUT2D eigenvalue weighted by atomic mass is 16.7. The van der Waals surface area contributed by atoms with Gasteiger partial charge in [-0.1, -0.05) is 72.8 Å². The van der Waals surface area contributed by atoms with Crippen molar-refractivity contribution in [2.45, 2.75) is 117 Å². The third-order valence-corrected chi connectivity index (χ3v) is 17.4. The molecule has 0 aliphatic carbocycles. The first-order chi connectivity index (χ1) is 37.1. The predicted octanol–water partition coefficient (Wildman–Crippen LogP) is 11.6. The maximum Gasteiger partial charge on any atom is 0.494 e. The molecule has 0 N–H and O–H groups in total. The Morgan fingerprint density at radius 3 is 0.744 bits per heavy atom. The lowest BCUT2D eigenvalue weighted by Gasteiger charge is -2.32. The molecule has 390 valence electrons. The minimum absolute atomic E-state index is 0.469. The maximum absolute atomic E-state index is 6.49. The van der Waals surface area contributed by atoms with Crippen LogP contribution in [0.3, 0.4) is 0 Å². The summed E-state index contributed by atoms with van der Waals surface area (Å²) in [6.07, 6.45) is 0. The highest BCUT2D eigenvalue weighted by Gasteiger charge is 2.54. The van der Waals surface area contributed by atoms with Gasteiger partial charge in [0.1, 0.15) is 17.5 Å². The number of nitrogens with zero attached hydrogens (tertiary/aromatic N) is 6. The summed E-state index contributed by atoms with van der Waals surface area (Å²) in [5, 5.41) is 0. The van der Waals surface area contributed by atoms with Crippen molar-refractivity contribution in [2.24, 2.45) is 0 Å². The second-order valence-corrected chi connectivity index (χ2v) is 24.1. The first kappa shape index (κ1) is 50.4. The Kier molecular flexibility index (Phi) is 11.4. The van der Waals surface area contributed by atoms with Crippen LogP contribution in [0.4, 0.5) is 0 Å². The summed E-state index contributed by atoms with van der Waals surface area (Å²) in [5.41, 5.74) is 10.9. The maximum atomic E-state index is 6.49. The molecule has 15 heteroatoms. The molecule has 7 aromatic carbocycles. The summed E-state index contributed by atoms with van der Waals surface area (Å²) in [6, 6.07) is 56.8. The van der Waals surface area contributed by atoms with Crippen LogP contribution in [-0.4, -0.2) is 83.6 Å². The van der Waals surface area contributed by atoms with E-state index in [0.29, 0.717) is 0 Å². The van der Waals surface area contributed by atoms with Crippen LogP contribution in [-0.2, 0) is 27.9 Å². The zero-order chi connectivity index (χ0) is 54.3. The minimum Gasteiger partial charge on any atom is -0.399 e. The van der Waals surface area contributed by atoms with Crippen LogP contribution in [0, 0.1) is 0 Å². The molecule has 6 heterocycles. The van der Waals surface area contributed by atoms with Crippen LogP contribution >= 0.6 is 0 Å². The molecule has 12 nitrogen and oxygen atoms in total. The fourth-order valence-electron chi connectivity index (χ4n) is 10.7. The van der Waals surface area contributed by atoms with Gasteiger partial charge in [-0.05, 0) is 190 Å². The van der Waals surface area contributed by atoms with Crippen molar-refractivity contribution in [1.29, 1.82) is 0 Å². The summed E-state index contributed by atoms with van der Waals surface area (Å²) in [6.45, 7) is 24.9. The average Bonchev–Trinajstić information content (AvgIpc) is 4.36. The number of rotatable bonds is 9. The van der Waals surface area contributed by atoms with Gasteiger partial charge in [0.15, 0.2) is 0 Å². The first-order valence-electron chi connectivity index (χ1n) is 27.0. The van der Waals surface area contributed by atoms with E-state index in [0.717, 1.165) is 101 Å². The molecule has 0 amide bonds. The zero-order valence-electron chi connectivity index (χ0n) is 46.5. The second-order valence-electron chi connectivity index (χ2n) is 24.1. The second kappa shape index (κ2) is 17.7. The third-order valence-electron chi connectivity index (χ3n) is 17.4. The minimum atomic E-state index is -0.499. The topological polar surface area (TPSA) is 109 Å². The Morgan fingerprint density at radius 1 is 0.295 bits per heavy atom. The highest BCUT2D eigenvalue weighted by Crippen LogP contribution is 2.42. The fraction of sp³-hybridized carbons (Fsp3) is 0.286. The molecule has 0 saturated carbocycles. The molecule has 13 rings (SSSR count). The zero-order valence-corrected chi connectivity index (χ0v) is 46.5. The lowest BCUT2D eigenvalue weighted by atomic mass is 9.79. The van der Waals surface area contributed by atoms with E-state index in [2.05, 4.69) is 242 Å². The molecule has 3 aliphatic heterocycles. The van der Waals surface area contributed by atoms with Crippen LogP contribution in [0.1, 0.15) is 83.1 Å². The number of hydrogen-bond donors (Lipinski definition) is 0. The molecule has 3 aliphatic rings. The summed E-state index contributed by atoms with van der Waals surface area (Å²) in [5.74, 6) is 2.27. The van der Waals surface area contributed by atoms with Gasteiger partial charge in [-0.2, -0.15) is 0 Å². The molecule has 0 radical (unpaired) electrons. The van der Waals surface area contributed by atoms with Crippen molar-refractivity contribution in [3.63, 3.8) is 0 Å². The quantitative estimate of drug-likeness (QED) is 0.131. The number of benzene rings is 7. The van der Waals surface area contributed by atoms with E-state index in [1.807, 2.05) is 18.2 Å². The van der Waals surface area contributed by atoms with E-state index in [1.54, 1.807) is 0 Å². The van der Waals surface area contributed by atoms with Crippen molar-refractivity contribution in [3.05, 3.63) is 164 Å². The van der Waals surface area contributed by atoms with Crippen molar-refractivity contribution >= 4 is 70.8 Å². The normalized spacial score (nSPS) is 19.0. The molecule has 0 atom stereocenters. The van der Waals surface area contributed by atoms with Crippen molar-refractivity contribution < 1.29 is 27.9 Å². The van der Waals surface area contributed by atoms with E-state index in [4.69, 9.17) is 42.9 Å². The van der Waals surface area contributed by atoms with Crippen molar-refractivity contribution in [3.8, 4) is 51.2 Å². The van der Waals surface area contributed by atoms with Gasteiger partial charge in [0.2, 0.25) is 0 Å². The molecule has 3 fully saturated rings. The molecule has 10 aromatic rings. The predicted molar refractivity (Wildman–Crippen MR) is 314 cm³/mol. The Hall–Kier alpha value is -7.10. The standard InChI is InChI=1S/C63H63B3N6O6/c1-58(2)59(3,4)74-64(73-58)43-25-31-46(32-26-43)70-52-22-16-13-19-49(52)67-55(70)40-37-41(56-68-50-20-14-17-23-53(50)71(56)47-33-27-44(28-34-47)65-75-60(5,6)61(7,8)76-65)39-42(38-40)57-69-51-21-15-18-24-54(51)72(57)48-35-29-45(30-36-48)66-77-62(9,10)63(11,12)78-66/h13-39H,1-12H3. The Bertz CT molecular complexity index is 3500. The lowest BCUT2D eigenvalue weighted by molar-refractivity contribution is 0.00578. The summed E-state index contributed by atoms with van der Waals surface area (Å²) < 4.78 is 45.6. The van der Waals surface area contributed by atoms with Gasteiger partial charge < -0.3 is 27.9 Å². The first-order valence-corrected chi connectivity index (χ1v) is 27.0. The Labute approximate surface area is 457 Å². The lowest BCUT2D eigenvalue weighted by Crippen LogP contribution is -2.41. The van der Waals surface area contributed by atoms with Gasteiger partial charge in [-0.25, -0.2) is 15.0 Å². The van der Waals surface area contributed by atoms with Gasteiger partial charge in [0.05, 0.1) is 66.7 Å². The number of hydrogen-bond acceptors (Lipinski definition) is 9. The molecular weight excluding hydrogens is 969 g/mol. The summed E-state index contributed by atoms with van der Waals surface area (Å²) >= 11 is 0. The number of imidazole rings is 3. The van der Waals surface area contributed by atoms with Crippen LogP contribution < -0.4 is 16.4 Å². The molecule has 0 bridgehead atoms. The van der Waals surface area contributed by atoms with Crippen molar-refractivity contribution in [1.82, 2.24) is 28.7 Å². The molecular formula is C63H63B3N6O6. The van der Waals surface area contributed by atoms with Gasteiger partial charge in [-0.15, -0.1) is 0 Å². The average molecular weight is 1030 g/mol. The Balaban J connectivity index is 1.000. The molecule has 0 spiro atoms. The molecule has 78 heavy (non-hydrogen) atoms. The number of para-hydroxylation sites is 6. The van der Waals surface area contributed by atoms with Gasteiger partial charge in [0, 0.05) is 33.8 Å². The molecule has 3 saturated heterocycles. The van der Waals surface area contributed by atoms with Crippen LogP contribution in [0.2, 0.25) is 0 Å². The van der Waals surface area contributed by atoms with E-state index < -0.39 is 55.0 Å². The van der Waals surface area contributed by atoms with E-state index in [-0.39, 0.29) is 0 Å². The third kappa shape index (κ3) is 8.19. The number of aromatic nitrogens is 6. The summed E-state index contributed by atoms with van der Waals surface area (Å²) in [4.78, 5) is 16.4. The van der Waals surface area contributed by atoms with Gasteiger partial charge in [-0.3, -0.25) is 13.7 Å². The van der Waals surface area contributed by atoms with Gasteiger partial charge in [0.25, 0.3) is 0 Å². The molecule has 0 unspecified atom stereocenters. The highest BCUT2D eigenvalue weighted by molar-refractivity contribution is 6.63. The van der Waals surface area contributed by atoms with E-state index in [1.165, 1.54) is 0 Å². The van der Waals surface area contributed by atoms with Crippen molar-refractivity contribution in [2.75, 3.05) is 0 Å². The molecule has 3 aromatic heterocycles. The largest absolute Gasteiger partial charge is 0.494 e. The van der Waals surface area contributed by atoms with E-state index >= 15 is 0 Å². The SMILES string of the molecule is CC1(C)OB(c2ccc(-n3c(-c4cc(-c5nc6ccccc6n5-c5ccc(B6OC(C)(C)C(C)(C)O6)cc5)cc(-c5nc6ccccc6n5-c5ccc(B6OC(C)(C)C(C)(C)O6)cc5)c4)nc4ccccc43)cc2)OC1(C)C. The Morgan fingerprint density at radius 2 is 0.513 bits per heavy atom. The van der Waals surface area contributed by atoms with Crippen LogP contribution in [0.15, 0.2) is 164 Å².